The molecule has 6 rings (SSSR count). The van der Waals surface area contributed by atoms with Gasteiger partial charge in [-0.15, -0.1) is 0 Å². The molecule has 2 aromatic carbocycles. The molecule has 1 spiro atoms. The van der Waals surface area contributed by atoms with Crippen LogP contribution in [0.5, 0.6) is 0 Å². The van der Waals surface area contributed by atoms with Crippen LogP contribution in [0.25, 0.3) is 5.69 Å². The van der Waals surface area contributed by atoms with Gasteiger partial charge in [-0.3, -0.25) is 18.7 Å². The number of nitrogens with zero attached hydrogens (tertiary/aromatic N) is 3. The fourth-order valence-electron chi connectivity index (χ4n) is 5.85. The summed E-state index contributed by atoms with van der Waals surface area (Å²) in [5.74, 6) is -1.62. The van der Waals surface area contributed by atoms with E-state index in [0.717, 1.165) is 27.0 Å². The van der Waals surface area contributed by atoms with Crippen molar-refractivity contribution in [3.8, 4) is 5.69 Å². The average molecular weight is 511 g/mol. The fraction of sp³-hybridized carbons (Fsp3) is 0.308. The smallest absolute Gasteiger partial charge is 0.416 e. The van der Waals surface area contributed by atoms with E-state index in [1.165, 1.54) is 12.1 Å². The molecule has 11 heteroatoms. The molecule has 1 atom stereocenters. The van der Waals surface area contributed by atoms with Crippen LogP contribution in [0, 0.1) is 0 Å². The molecule has 0 radical (unpaired) electrons. The van der Waals surface area contributed by atoms with Gasteiger partial charge in [0.25, 0.3) is 5.56 Å². The Morgan fingerprint density at radius 1 is 1.11 bits per heavy atom. The van der Waals surface area contributed by atoms with E-state index in [1.807, 2.05) is 0 Å². The van der Waals surface area contributed by atoms with E-state index in [4.69, 9.17) is 0 Å². The van der Waals surface area contributed by atoms with Crippen molar-refractivity contribution in [3.05, 3.63) is 91.3 Å². The summed E-state index contributed by atoms with van der Waals surface area (Å²) in [5.41, 5.74) is -2.30. The van der Waals surface area contributed by atoms with Gasteiger partial charge in [0.1, 0.15) is 5.56 Å². The molecule has 2 heterocycles. The minimum atomic E-state index is -4.61. The van der Waals surface area contributed by atoms with Crippen molar-refractivity contribution < 1.29 is 27.9 Å². The summed E-state index contributed by atoms with van der Waals surface area (Å²) in [7, 11) is 1.66. The second kappa shape index (κ2) is 7.44. The SMILES string of the molecule is CN1C(=O)C2(CC2)c2cc(-n3cc(C(=O)O)c(=O)n([C@@H]4CCc5c4cccc5C(F)(F)F)c3=O)ccc21. The van der Waals surface area contributed by atoms with Gasteiger partial charge >= 0.3 is 17.8 Å². The number of hydrogen-bond donors (Lipinski definition) is 1. The topological polar surface area (TPSA) is 102 Å². The van der Waals surface area contributed by atoms with Crippen LogP contribution in [0.4, 0.5) is 18.9 Å². The Balaban J connectivity index is 1.56. The lowest BCUT2D eigenvalue weighted by molar-refractivity contribution is -0.138. The Morgan fingerprint density at radius 2 is 1.84 bits per heavy atom. The van der Waals surface area contributed by atoms with Crippen LogP contribution in [-0.4, -0.2) is 33.2 Å². The fourth-order valence-corrected chi connectivity index (χ4v) is 5.85. The highest BCUT2D eigenvalue weighted by atomic mass is 19.4. The van der Waals surface area contributed by atoms with E-state index < -0.39 is 46.0 Å². The van der Waals surface area contributed by atoms with Crippen LogP contribution < -0.4 is 16.1 Å². The van der Waals surface area contributed by atoms with E-state index in [9.17, 15) is 37.5 Å². The first-order valence-corrected chi connectivity index (χ1v) is 11.7. The lowest BCUT2D eigenvalue weighted by Gasteiger charge is -2.19. The highest BCUT2D eigenvalue weighted by Gasteiger charge is 2.58. The third-order valence-corrected chi connectivity index (χ3v) is 7.81. The number of rotatable bonds is 3. The van der Waals surface area contributed by atoms with Crippen molar-refractivity contribution >= 4 is 17.6 Å². The number of carbonyl (C=O) groups is 2. The summed E-state index contributed by atoms with van der Waals surface area (Å²) in [6.45, 7) is 0. The molecule has 3 aliphatic rings. The van der Waals surface area contributed by atoms with Crippen molar-refractivity contribution in [1.82, 2.24) is 9.13 Å². The number of aromatic carboxylic acids is 1. The Bertz CT molecular complexity index is 1650. The van der Waals surface area contributed by atoms with E-state index in [1.54, 1.807) is 30.1 Å². The summed E-state index contributed by atoms with van der Waals surface area (Å²) in [4.78, 5) is 53.1. The molecule has 2 aliphatic carbocycles. The molecule has 1 saturated carbocycles. The van der Waals surface area contributed by atoms with E-state index in [-0.39, 0.29) is 35.6 Å². The highest BCUT2D eigenvalue weighted by Crippen LogP contribution is 2.57. The van der Waals surface area contributed by atoms with Crippen molar-refractivity contribution in [3.63, 3.8) is 0 Å². The molecule has 190 valence electrons. The van der Waals surface area contributed by atoms with Crippen molar-refractivity contribution in [2.24, 2.45) is 0 Å². The van der Waals surface area contributed by atoms with E-state index in [0.29, 0.717) is 18.5 Å². The molecule has 0 bridgehead atoms. The number of carboxylic acid groups (broad SMARTS) is 1. The Kier molecular flexibility index (Phi) is 4.67. The molecule has 1 N–H and O–H groups in total. The van der Waals surface area contributed by atoms with Gasteiger partial charge in [-0.05, 0) is 66.6 Å². The molecule has 1 amide bonds. The van der Waals surface area contributed by atoms with Gasteiger partial charge < -0.3 is 10.0 Å². The van der Waals surface area contributed by atoms with Gasteiger partial charge in [0.15, 0.2) is 0 Å². The number of likely N-dealkylation sites (N-methyl/N-ethyl adjacent to an activating group) is 1. The third-order valence-electron chi connectivity index (χ3n) is 7.81. The van der Waals surface area contributed by atoms with Gasteiger partial charge in [0, 0.05) is 18.9 Å². The number of hydrogen-bond acceptors (Lipinski definition) is 4. The summed E-state index contributed by atoms with van der Waals surface area (Å²) in [6.07, 6.45) is -2.35. The van der Waals surface area contributed by atoms with Crippen LogP contribution >= 0.6 is 0 Å². The molecular weight excluding hydrogens is 491 g/mol. The Morgan fingerprint density at radius 3 is 2.49 bits per heavy atom. The van der Waals surface area contributed by atoms with Crippen LogP contribution in [0.1, 0.15) is 57.9 Å². The second-order valence-corrected chi connectivity index (χ2v) is 9.75. The summed E-state index contributed by atoms with van der Waals surface area (Å²) < 4.78 is 42.5. The maximum Gasteiger partial charge on any atom is 0.416 e. The first-order chi connectivity index (χ1) is 17.5. The Labute approximate surface area is 207 Å². The van der Waals surface area contributed by atoms with Crippen molar-refractivity contribution in [1.29, 1.82) is 0 Å². The summed E-state index contributed by atoms with van der Waals surface area (Å²) in [5, 5.41) is 9.73. The average Bonchev–Trinajstić information content (AvgIpc) is 3.51. The molecular formula is C26H20F3N3O5. The summed E-state index contributed by atoms with van der Waals surface area (Å²) >= 11 is 0. The monoisotopic (exact) mass is 511 g/mol. The number of fused-ring (bicyclic) bond motifs is 3. The Hall–Kier alpha value is -4.15. The molecule has 0 saturated heterocycles. The van der Waals surface area contributed by atoms with Gasteiger partial charge in [-0.1, -0.05) is 12.1 Å². The van der Waals surface area contributed by atoms with Crippen molar-refractivity contribution in [2.75, 3.05) is 11.9 Å². The largest absolute Gasteiger partial charge is 0.477 e. The van der Waals surface area contributed by atoms with Gasteiger partial charge in [-0.2, -0.15) is 13.2 Å². The maximum atomic E-state index is 13.7. The summed E-state index contributed by atoms with van der Waals surface area (Å²) in [6, 6.07) is 7.41. The molecule has 3 aromatic rings. The maximum absolute atomic E-state index is 13.7. The normalized spacial score (nSPS) is 19.3. The zero-order valence-electron chi connectivity index (χ0n) is 19.5. The van der Waals surface area contributed by atoms with E-state index >= 15 is 0 Å². The minimum Gasteiger partial charge on any atom is -0.477 e. The van der Waals surface area contributed by atoms with Crippen molar-refractivity contribution in [2.45, 2.75) is 43.3 Å². The second-order valence-electron chi connectivity index (χ2n) is 9.75. The van der Waals surface area contributed by atoms with Gasteiger partial charge in [0.2, 0.25) is 5.91 Å². The van der Waals surface area contributed by atoms with Gasteiger partial charge in [-0.25, -0.2) is 9.59 Å². The number of alkyl halides is 3. The molecule has 1 fully saturated rings. The predicted octanol–water partition coefficient (Wildman–Crippen LogP) is 3.26. The van der Waals surface area contributed by atoms with Gasteiger partial charge in [0.05, 0.1) is 22.7 Å². The van der Waals surface area contributed by atoms with E-state index in [2.05, 4.69) is 0 Å². The lowest BCUT2D eigenvalue weighted by atomic mass is 9.97. The van der Waals surface area contributed by atoms with Crippen LogP contribution in [0.15, 0.2) is 52.2 Å². The number of benzene rings is 2. The molecule has 0 unspecified atom stereocenters. The van der Waals surface area contributed by atoms with Crippen LogP contribution in [-0.2, 0) is 22.8 Å². The standard InChI is InChI=1S/C26H20F3N3O5/c1-30-20-7-5-13(11-18(20)25(9-10-25)23(30)36)31-12-16(22(34)35)21(33)32(24(31)37)19-8-6-14-15(19)3-2-4-17(14)26(27,28)29/h2-5,7,11-12,19H,6,8-10H2,1H3,(H,34,35)/t19-/m1/s1. The number of amides is 1. The molecule has 37 heavy (non-hydrogen) atoms. The molecule has 1 aliphatic heterocycles. The number of anilines is 1. The highest BCUT2D eigenvalue weighted by molar-refractivity contribution is 6.10. The third kappa shape index (κ3) is 3.15. The first kappa shape index (κ1) is 23.3. The predicted molar refractivity (Wildman–Crippen MR) is 125 cm³/mol. The lowest BCUT2D eigenvalue weighted by Crippen LogP contribution is -2.43. The number of carboxylic acids is 1. The number of carbonyl (C=O) groups excluding carboxylic acids is 1. The zero-order valence-corrected chi connectivity index (χ0v) is 19.5. The first-order valence-electron chi connectivity index (χ1n) is 11.7. The molecule has 8 nitrogen and oxygen atoms in total. The number of aromatic nitrogens is 2. The minimum absolute atomic E-state index is 0.00617. The zero-order chi connectivity index (χ0) is 26.4. The molecule has 1 aromatic heterocycles. The number of halogens is 3. The van der Waals surface area contributed by atoms with Crippen LogP contribution in [0.2, 0.25) is 0 Å². The van der Waals surface area contributed by atoms with Crippen LogP contribution in [0.3, 0.4) is 0 Å². The quantitative estimate of drug-likeness (QED) is 0.582.